The number of Topliss-reactive ketones (excluding diaryl/α,β-unsaturated/α-hetero) is 2. The molecule has 0 aromatic heterocycles. The normalized spacial score (nSPS) is 23.5. The molecule has 0 bridgehead atoms. The largest absolute Gasteiger partial charge is 0.343 e. The number of hydrogen-bond donors (Lipinski definition) is 0. The maximum Gasteiger partial charge on any atom is 0.222 e. The van der Waals surface area contributed by atoms with Gasteiger partial charge in [-0.3, -0.25) is 14.4 Å². The van der Waals surface area contributed by atoms with Crippen molar-refractivity contribution >= 4 is 17.5 Å². The monoisotopic (exact) mass is 383 g/mol. The predicted octanol–water partition coefficient (Wildman–Crippen LogP) is 4.28. The molecule has 1 saturated carbocycles. The lowest BCUT2D eigenvalue weighted by Gasteiger charge is -2.33. The molecule has 1 amide bonds. The third kappa shape index (κ3) is 4.21. The molecule has 2 fully saturated rings. The minimum Gasteiger partial charge on any atom is -0.343 e. The van der Waals surface area contributed by atoms with Crippen molar-refractivity contribution in [3.05, 3.63) is 34.4 Å². The number of amides is 1. The van der Waals surface area contributed by atoms with Gasteiger partial charge in [-0.1, -0.05) is 24.6 Å². The van der Waals surface area contributed by atoms with Crippen LogP contribution in [0.4, 0.5) is 0 Å². The summed E-state index contributed by atoms with van der Waals surface area (Å²) in [5, 5.41) is 0. The summed E-state index contributed by atoms with van der Waals surface area (Å²) in [6, 6.07) is 4.14. The SMILES string of the molecule is CCCC(=O)N1CCC(CC2CC(=O)C(c3c(C)cc(C)cc3C)C2=O)CC1. The number of rotatable bonds is 5. The average molecular weight is 384 g/mol. The summed E-state index contributed by atoms with van der Waals surface area (Å²) in [6.07, 6.45) is 4.57. The Hall–Kier alpha value is -1.97. The molecule has 1 aliphatic heterocycles. The molecule has 28 heavy (non-hydrogen) atoms. The lowest BCUT2D eigenvalue weighted by Crippen LogP contribution is -2.38. The minimum absolute atomic E-state index is 0.0839. The summed E-state index contributed by atoms with van der Waals surface area (Å²) in [7, 11) is 0. The minimum atomic E-state index is -0.572. The smallest absolute Gasteiger partial charge is 0.222 e. The maximum atomic E-state index is 13.2. The molecular weight excluding hydrogens is 350 g/mol. The highest BCUT2D eigenvalue weighted by Gasteiger charge is 2.44. The van der Waals surface area contributed by atoms with E-state index in [0.717, 1.165) is 61.0 Å². The number of hydrogen-bond acceptors (Lipinski definition) is 3. The first-order chi connectivity index (χ1) is 13.3. The van der Waals surface area contributed by atoms with E-state index in [9.17, 15) is 14.4 Å². The molecule has 1 aliphatic carbocycles. The Morgan fingerprint density at radius 3 is 2.25 bits per heavy atom. The van der Waals surface area contributed by atoms with Crippen LogP contribution in [-0.4, -0.2) is 35.5 Å². The summed E-state index contributed by atoms with van der Waals surface area (Å²) in [4.78, 5) is 39.9. The van der Waals surface area contributed by atoms with Gasteiger partial charge in [0.1, 0.15) is 11.7 Å². The molecule has 1 saturated heterocycles. The lowest BCUT2D eigenvalue weighted by atomic mass is 9.83. The van der Waals surface area contributed by atoms with Crippen LogP contribution in [0, 0.1) is 32.6 Å². The first-order valence-corrected chi connectivity index (χ1v) is 10.7. The molecule has 0 N–H and O–H groups in total. The average Bonchev–Trinajstić information content (AvgIpc) is 2.89. The van der Waals surface area contributed by atoms with Crippen LogP contribution in [0.5, 0.6) is 0 Å². The van der Waals surface area contributed by atoms with Gasteiger partial charge in [0, 0.05) is 31.8 Å². The number of aryl methyl sites for hydroxylation is 3. The van der Waals surface area contributed by atoms with Gasteiger partial charge in [-0.2, -0.15) is 0 Å². The summed E-state index contributed by atoms with van der Waals surface area (Å²) >= 11 is 0. The van der Waals surface area contributed by atoms with Crippen LogP contribution in [-0.2, 0) is 14.4 Å². The third-order valence-corrected chi connectivity index (χ3v) is 6.53. The van der Waals surface area contributed by atoms with Gasteiger partial charge in [0.2, 0.25) is 5.91 Å². The first-order valence-electron chi connectivity index (χ1n) is 10.7. The molecule has 2 unspecified atom stereocenters. The van der Waals surface area contributed by atoms with Gasteiger partial charge >= 0.3 is 0 Å². The van der Waals surface area contributed by atoms with E-state index in [0.29, 0.717) is 18.8 Å². The summed E-state index contributed by atoms with van der Waals surface area (Å²) < 4.78 is 0. The fraction of sp³-hybridized carbons (Fsp3) is 0.625. The fourth-order valence-corrected chi connectivity index (χ4v) is 5.20. The van der Waals surface area contributed by atoms with E-state index in [-0.39, 0.29) is 23.4 Å². The van der Waals surface area contributed by atoms with Crippen LogP contribution in [0.15, 0.2) is 12.1 Å². The van der Waals surface area contributed by atoms with Crippen molar-refractivity contribution < 1.29 is 14.4 Å². The van der Waals surface area contributed by atoms with Crippen molar-refractivity contribution in [2.24, 2.45) is 11.8 Å². The molecule has 2 aliphatic rings. The highest BCUT2D eigenvalue weighted by Crippen LogP contribution is 2.39. The molecule has 0 spiro atoms. The molecular formula is C24H33NO3. The second-order valence-corrected chi connectivity index (χ2v) is 8.82. The maximum absolute atomic E-state index is 13.2. The Kier molecular flexibility index (Phi) is 6.36. The molecule has 1 aromatic carbocycles. The second kappa shape index (κ2) is 8.59. The van der Waals surface area contributed by atoms with E-state index in [1.165, 1.54) is 0 Å². The van der Waals surface area contributed by atoms with Crippen LogP contribution in [0.1, 0.15) is 73.6 Å². The van der Waals surface area contributed by atoms with E-state index in [4.69, 9.17) is 0 Å². The number of carbonyl (C=O) groups excluding carboxylic acids is 3. The molecule has 3 rings (SSSR count). The van der Waals surface area contributed by atoms with Crippen LogP contribution in [0.3, 0.4) is 0 Å². The zero-order chi connectivity index (χ0) is 20.4. The zero-order valence-electron chi connectivity index (χ0n) is 17.7. The first kappa shape index (κ1) is 20.8. The van der Waals surface area contributed by atoms with E-state index in [1.54, 1.807) is 0 Å². The van der Waals surface area contributed by atoms with E-state index in [2.05, 4.69) is 12.1 Å². The van der Waals surface area contributed by atoms with Crippen molar-refractivity contribution in [1.29, 1.82) is 0 Å². The Morgan fingerprint density at radius 1 is 1.07 bits per heavy atom. The quantitative estimate of drug-likeness (QED) is 0.713. The topological polar surface area (TPSA) is 54.5 Å². The van der Waals surface area contributed by atoms with Gasteiger partial charge in [0.05, 0.1) is 0 Å². The number of ketones is 2. The van der Waals surface area contributed by atoms with Crippen LogP contribution < -0.4 is 0 Å². The van der Waals surface area contributed by atoms with Crippen molar-refractivity contribution in [3.63, 3.8) is 0 Å². The van der Waals surface area contributed by atoms with Crippen molar-refractivity contribution in [3.8, 4) is 0 Å². The van der Waals surface area contributed by atoms with Gasteiger partial charge in [-0.15, -0.1) is 0 Å². The van der Waals surface area contributed by atoms with E-state index >= 15 is 0 Å². The van der Waals surface area contributed by atoms with E-state index in [1.807, 2.05) is 32.6 Å². The van der Waals surface area contributed by atoms with Crippen molar-refractivity contribution in [2.75, 3.05) is 13.1 Å². The second-order valence-electron chi connectivity index (χ2n) is 8.82. The number of piperidine rings is 1. The molecule has 1 aromatic rings. The number of likely N-dealkylation sites (tertiary alicyclic amines) is 1. The molecule has 2 atom stereocenters. The Morgan fingerprint density at radius 2 is 1.68 bits per heavy atom. The fourth-order valence-electron chi connectivity index (χ4n) is 5.20. The van der Waals surface area contributed by atoms with Gasteiger partial charge < -0.3 is 4.90 Å². The van der Waals surface area contributed by atoms with Crippen LogP contribution >= 0.6 is 0 Å². The number of nitrogens with zero attached hydrogens (tertiary/aromatic N) is 1. The number of benzene rings is 1. The summed E-state index contributed by atoms with van der Waals surface area (Å²) in [6.45, 7) is 9.66. The highest BCUT2D eigenvalue weighted by molar-refractivity contribution is 6.15. The van der Waals surface area contributed by atoms with Crippen molar-refractivity contribution in [2.45, 2.75) is 72.1 Å². The summed E-state index contributed by atoms with van der Waals surface area (Å²) in [5.74, 6) is 0.160. The van der Waals surface area contributed by atoms with Crippen LogP contribution in [0.2, 0.25) is 0 Å². The summed E-state index contributed by atoms with van der Waals surface area (Å²) in [5.41, 5.74) is 4.20. The molecule has 0 radical (unpaired) electrons. The Balaban J connectivity index is 1.65. The molecule has 4 nitrogen and oxygen atoms in total. The standard InChI is InChI=1S/C24H33NO3/c1-5-6-21(27)25-9-7-18(8-10-25)13-19-14-20(26)23(24(19)28)22-16(3)11-15(2)12-17(22)4/h11-12,18-19,23H,5-10,13-14H2,1-4H3. The van der Waals surface area contributed by atoms with Gasteiger partial charge in [0.25, 0.3) is 0 Å². The van der Waals surface area contributed by atoms with Crippen LogP contribution in [0.25, 0.3) is 0 Å². The molecule has 4 heteroatoms. The van der Waals surface area contributed by atoms with Gasteiger partial charge in [-0.25, -0.2) is 0 Å². The van der Waals surface area contributed by atoms with Crippen molar-refractivity contribution in [1.82, 2.24) is 4.90 Å². The Labute approximate surface area is 168 Å². The van der Waals surface area contributed by atoms with Gasteiger partial charge in [0.15, 0.2) is 5.78 Å². The van der Waals surface area contributed by atoms with Gasteiger partial charge in [-0.05, 0) is 69.1 Å². The zero-order valence-corrected chi connectivity index (χ0v) is 17.7. The Bertz CT molecular complexity index is 751. The molecule has 1 heterocycles. The number of carbonyl (C=O) groups is 3. The van der Waals surface area contributed by atoms with E-state index < -0.39 is 5.92 Å². The lowest BCUT2D eigenvalue weighted by molar-refractivity contribution is -0.133. The third-order valence-electron chi connectivity index (χ3n) is 6.53. The predicted molar refractivity (Wildman–Crippen MR) is 110 cm³/mol. The highest BCUT2D eigenvalue weighted by atomic mass is 16.2. The molecule has 152 valence electrons.